The number of rotatable bonds is 13. The summed E-state index contributed by atoms with van der Waals surface area (Å²) in [5, 5.41) is 36.0. The molecule has 0 aliphatic carbocycles. The highest BCUT2D eigenvalue weighted by molar-refractivity contribution is 5.85. The number of nitrogens with zero attached hydrogens (tertiary/aromatic N) is 1. The quantitative estimate of drug-likeness (QED) is 0.330. The Hall–Kier alpha value is -1.51. The maximum Gasteiger partial charge on any atom is 0.0715 e. The number of aromatic carboxylic acids is 1. The van der Waals surface area contributed by atoms with Crippen molar-refractivity contribution in [1.82, 2.24) is 15.5 Å². The van der Waals surface area contributed by atoms with E-state index in [-0.39, 0.29) is 11.7 Å². The van der Waals surface area contributed by atoms with Gasteiger partial charge in [0.15, 0.2) is 0 Å². The average Bonchev–Trinajstić information content (AvgIpc) is 2.55. The van der Waals surface area contributed by atoms with Crippen LogP contribution < -0.4 is 15.7 Å². The highest BCUT2D eigenvalue weighted by Crippen LogP contribution is 2.03. The summed E-state index contributed by atoms with van der Waals surface area (Å²) in [7, 11) is 0. The molecule has 1 aromatic carbocycles. The Morgan fingerprint density at radius 2 is 1.68 bits per heavy atom. The molecule has 0 aliphatic rings. The summed E-state index contributed by atoms with van der Waals surface area (Å²) in [5.41, 5.74) is 1.18. The van der Waals surface area contributed by atoms with E-state index in [0.29, 0.717) is 19.6 Å². The highest BCUT2D eigenvalue weighted by Gasteiger charge is 2.08. The van der Waals surface area contributed by atoms with Crippen molar-refractivity contribution >= 4 is 5.97 Å². The molecule has 0 saturated carbocycles. The first kappa shape index (κ1) is 21.5. The van der Waals surface area contributed by atoms with Crippen LogP contribution in [0.3, 0.4) is 0 Å². The first-order chi connectivity index (χ1) is 11.9. The summed E-state index contributed by atoms with van der Waals surface area (Å²) in [5.74, 6) is -1.17. The predicted octanol–water partition coefficient (Wildman–Crippen LogP) is -1.21. The number of carbonyl (C=O) groups is 1. The minimum absolute atomic E-state index is 0.177. The van der Waals surface area contributed by atoms with Gasteiger partial charge < -0.3 is 30.7 Å². The van der Waals surface area contributed by atoms with Gasteiger partial charge in [0.05, 0.1) is 18.2 Å². The molecular weight excluding hydrogens is 322 g/mol. The van der Waals surface area contributed by atoms with E-state index in [1.807, 2.05) is 0 Å². The van der Waals surface area contributed by atoms with Crippen molar-refractivity contribution in [3.05, 3.63) is 35.4 Å². The van der Waals surface area contributed by atoms with E-state index in [1.165, 1.54) is 0 Å². The molecule has 0 bridgehead atoms. The van der Waals surface area contributed by atoms with Crippen LogP contribution in [-0.2, 0) is 6.54 Å². The van der Waals surface area contributed by atoms with Gasteiger partial charge in [-0.15, -0.1) is 0 Å². The number of nitrogens with one attached hydrogen (secondary N) is 2. The van der Waals surface area contributed by atoms with Crippen LogP contribution in [0.2, 0.25) is 0 Å². The van der Waals surface area contributed by atoms with Crippen molar-refractivity contribution in [2.45, 2.75) is 32.6 Å². The van der Waals surface area contributed by atoms with Crippen LogP contribution in [0.25, 0.3) is 0 Å². The standard InChI is InChI=1S/C18H31N3O4/c1-14(22)11-19-7-9-21(13-15(2)23)10-8-20-12-16-3-5-17(6-4-16)18(24)25/h3-6,14-15,19-20,22-23H,7-13H2,1-2H3,(H,24,25)/p-1/t14-,15-/m0/s1. The maximum atomic E-state index is 10.7. The monoisotopic (exact) mass is 352 g/mol. The van der Waals surface area contributed by atoms with E-state index in [0.717, 1.165) is 31.7 Å². The number of hydrogen-bond donors (Lipinski definition) is 4. The molecule has 4 N–H and O–H groups in total. The Balaban J connectivity index is 2.29. The maximum absolute atomic E-state index is 10.7. The number of aliphatic hydroxyl groups is 2. The first-order valence-corrected chi connectivity index (χ1v) is 8.68. The lowest BCUT2D eigenvalue weighted by atomic mass is 10.1. The lowest BCUT2D eigenvalue weighted by Crippen LogP contribution is -2.41. The average molecular weight is 352 g/mol. The van der Waals surface area contributed by atoms with Gasteiger partial charge in [0.2, 0.25) is 0 Å². The molecule has 7 nitrogen and oxygen atoms in total. The third-order valence-electron chi connectivity index (χ3n) is 3.69. The number of aliphatic hydroxyl groups excluding tert-OH is 2. The van der Waals surface area contributed by atoms with Crippen LogP contribution in [0, 0.1) is 0 Å². The van der Waals surface area contributed by atoms with Crippen molar-refractivity contribution in [2.24, 2.45) is 0 Å². The van der Waals surface area contributed by atoms with Gasteiger partial charge in [0, 0.05) is 45.8 Å². The second-order valence-corrected chi connectivity index (χ2v) is 6.36. The van der Waals surface area contributed by atoms with E-state index < -0.39 is 12.1 Å². The van der Waals surface area contributed by atoms with Gasteiger partial charge in [-0.1, -0.05) is 24.3 Å². The summed E-state index contributed by atoms with van der Waals surface area (Å²) in [6, 6.07) is 6.62. The first-order valence-electron chi connectivity index (χ1n) is 8.68. The molecule has 142 valence electrons. The van der Waals surface area contributed by atoms with Crippen LogP contribution in [0.4, 0.5) is 0 Å². The van der Waals surface area contributed by atoms with E-state index >= 15 is 0 Å². The molecule has 0 aromatic heterocycles. The summed E-state index contributed by atoms with van der Waals surface area (Å²) in [4.78, 5) is 12.9. The van der Waals surface area contributed by atoms with E-state index in [4.69, 9.17) is 0 Å². The van der Waals surface area contributed by atoms with Gasteiger partial charge in [0.1, 0.15) is 0 Å². The minimum atomic E-state index is -1.17. The van der Waals surface area contributed by atoms with Crippen LogP contribution in [-0.4, -0.2) is 72.6 Å². The SMILES string of the molecule is C[C@H](O)CNCCN(CCNCc1ccc(C(=O)[O-])cc1)C[C@H](C)O. The molecule has 1 rings (SSSR count). The largest absolute Gasteiger partial charge is 0.545 e. The van der Waals surface area contributed by atoms with Gasteiger partial charge in [0.25, 0.3) is 0 Å². The van der Waals surface area contributed by atoms with Crippen LogP contribution in [0.15, 0.2) is 24.3 Å². The zero-order valence-electron chi connectivity index (χ0n) is 15.1. The molecular formula is C18H30N3O4-. The normalized spacial score (nSPS) is 13.8. The van der Waals surface area contributed by atoms with Crippen molar-refractivity contribution in [3.8, 4) is 0 Å². The number of hydrogen-bond acceptors (Lipinski definition) is 7. The molecule has 0 saturated heterocycles. The fourth-order valence-corrected chi connectivity index (χ4v) is 2.44. The highest BCUT2D eigenvalue weighted by atomic mass is 16.4. The van der Waals surface area contributed by atoms with Gasteiger partial charge in [-0.05, 0) is 25.0 Å². The molecule has 0 aliphatic heterocycles. The Morgan fingerprint density at radius 3 is 2.20 bits per heavy atom. The number of benzene rings is 1. The van der Waals surface area contributed by atoms with Crippen molar-refractivity contribution in [1.29, 1.82) is 0 Å². The van der Waals surface area contributed by atoms with Crippen LogP contribution in [0.1, 0.15) is 29.8 Å². The molecule has 0 unspecified atom stereocenters. The summed E-state index contributed by atoms with van der Waals surface area (Å²) >= 11 is 0. The lowest BCUT2D eigenvalue weighted by Gasteiger charge is -2.24. The molecule has 7 heteroatoms. The summed E-state index contributed by atoms with van der Waals surface area (Å²) < 4.78 is 0. The van der Waals surface area contributed by atoms with E-state index in [9.17, 15) is 20.1 Å². The van der Waals surface area contributed by atoms with E-state index in [1.54, 1.807) is 38.1 Å². The van der Waals surface area contributed by atoms with Crippen LogP contribution >= 0.6 is 0 Å². The van der Waals surface area contributed by atoms with Crippen molar-refractivity contribution in [2.75, 3.05) is 39.3 Å². The smallest absolute Gasteiger partial charge is 0.0715 e. The molecule has 2 atom stereocenters. The molecule has 0 amide bonds. The molecule has 25 heavy (non-hydrogen) atoms. The van der Waals surface area contributed by atoms with Gasteiger partial charge >= 0.3 is 0 Å². The summed E-state index contributed by atoms with van der Waals surface area (Å²) in [6.07, 6.45) is -0.760. The topological polar surface area (TPSA) is 108 Å². The third-order valence-corrected chi connectivity index (χ3v) is 3.69. The van der Waals surface area contributed by atoms with Crippen molar-refractivity contribution in [3.63, 3.8) is 0 Å². The Labute approximate surface area is 149 Å². The third kappa shape index (κ3) is 10.2. The molecule has 0 spiro atoms. The van der Waals surface area contributed by atoms with Gasteiger partial charge in [-0.3, -0.25) is 4.90 Å². The zero-order valence-corrected chi connectivity index (χ0v) is 15.1. The van der Waals surface area contributed by atoms with E-state index in [2.05, 4.69) is 15.5 Å². The zero-order chi connectivity index (χ0) is 18.7. The Kier molecular flexibility index (Phi) is 10.3. The number of carboxylic acids is 1. The number of carbonyl (C=O) groups excluding carboxylic acids is 1. The Morgan fingerprint density at radius 1 is 1.08 bits per heavy atom. The molecule has 0 radical (unpaired) electrons. The second-order valence-electron chi connectivity index (χ2n) is 6.36. The number of carboxylic acid groups (broad SMARTS) is 1. The van der Waals surface area contributed by atoms with Crippen molar-refractivity contribution < 1.29 is 20.1 Å². The fourth-order valence-electron chi connectivity index (χ4n) is 2.44. The molecule has 0 fully saturated rings. The summed E-state index contributed by atoms with van der Waals surface area (Å²) in [6.45, 7) is 8.40. The predicted molar refractivity (Wildman–Crippen MR) is 95.2 cm³/mol. The van der Waals surface area contributed by atoms with Gasteiger partial charge in [-0.2, -0.15) is 0 Å². The molecule has 0 heterocycles. The second kappa shape index (κ2) is 11.9. The van der Waals surface area contributed by atoms with Gasteiger partial charge in [-0.25, -0.2) is 0 Å². The van der Waals surface area contributed by atoms with Crippen LogP contribution in [0.5, 0.6) is 0 Å². The molecule has 1 aromatic rings. The Bertz CT molecular complexity index is 492. The minimum Gasteiger partial charge on any atom is -0.545 e. The lowest BCUT2D eigenvalue weighted by molar-refractivity contribution is -0.255. The fraction of sp³-hybridized carbons (Fsp3) is 0.611.